The normalized spacial score (nSPS) is 28.9. The van der Waals surface area contributed by atoms with Crippen molar-refractivity contribution >= 4 is 7.12 Å². The van der Waals surface area contributed by atoms with Crippen molar-refractivity contribution in [2.45, 2.75) is 46.1 Å². The molecular formula is C12H21BO2. The Hall–Kier alpha value is -0.275. The van der Waals surface area contributed by atoms with E-state index in [1.165, 1.54) is 12.8 Å². The maximum Gasteiger partial charge on any atom is 0.489 e. The fourth-order valence-corrected chi connectivity index (χ4v) is 1.75. The lowest BCUT2D eigenvalue weighted by molar-refractivity contribution is -0.0954. The molecule has 0 spiro atoms. The van der Waals surface area contributed by atoms with Crippen LogP contribution in [0.5, 0.6) is 0 Å². The lowest BCUT2D eigenvalue weighted by Crippen LogP contribution is -2.55. The molecule has 1 heterocycles. The van der Waals surface area contributed by atoms with E-state index in [1.54, 1.807) is 0 Å². The zero-order valence-corrected chi connectivity index (χ0v) is 10.3. The molecule has 2 rings (SSSR count). The highest BCUT2D eigenvalue weighted by atomic mass is 16.6. The number of hydrogen-bond acceptors (Lipinski definition) is 2. The van der Waals surface area contributed by atoms with Crippen LogP contribution < -0.4 is 0 Å². The van der Waals surface area contributed by atoms with Crippen LogP contribution in [0.3, 0.4) is 0 Å². The topological polar surface area (TPSA) is 18.5 Å². The van der Waals surface area contributed by atoms with Gasteiger partial charge < -0.3 is 9.31 Å². The van der Waals surface area contributed by atoms with Gasteiger partial charge in [0.2, 0.25) is 0 Å². The third kappa shape index (κ3) is 2.00. The minimum absolute atomic E-state index is 0.0628. The van der Waals surface area contributed by atoms with Gasteiger partial charge in [-0.1, -0.05) is 13.8 Å². The van der Waals surface area contributed by atoms with E-state index in [9.17, 15) is 0 Å². The van der Waals surface area contributed by atoms with Crippen LogP contribution in [0.15, 0.2) is 12.1 Å². The van der Waals surface area contributed by atoms with E-state index in [2.05, 4.69) is 34.3 Å². The largest absolute Gasteiger partial charge is 0.489 e. The Labute approximate surface area is 93.2 Å². The maximum atomic E-state index is 6.03. The van der Waals surface area contributed by atoms with Crippen molar-refractivity contribution in [1.29, 1.82) is 0 Å². The predicted molar refractivity (Wildman–Crippen MR) is 62.5 cm³/mol. The second-order valence-corrected chi connectivity index (χ2v) is 6.00. The molecule has 0 amide bonds. The number of allylic oxidation sites excluding steroid dienone is 1. The van der Waals surface area contributed by atoms with Gasteiger partial charge in [0, 0.05) is 12.0 Å². The fourth-order valence-electron chi connectivity index (χ4n) is 1.75. The van der Waals surface area contributed by atoms with Gasteiger partial charge in [-0.05, 0) is 38.1 Å². The fraction of sp³-hybridized carbons (Fsp3) is 0.833. The molecule has 0 atom stereocenters. The molecule has 84 valence electrons. The van der Waals surface area contributed by atoms with Gasteiger partial charge in [0.25, 0.3) is 0 Å². The van der Waals surface area contributed by atoms with Crippen LogP contribution in [0.25, 0.3) is 0 Å². The standard InChI is InChI=1S/C12H21BO2/c1-9(10-6-7-10)13-14-8-11(2,3)12(4,5)15-13/h10H,1,6-8H2,2-5H3. The van der Waals surface area contributed by atoms with Gasteiger partial charge in [-0.15, -0.1) is 6.58 Å². The molecule has 0 N–H and O–H groups in total. The average molecular weight is 208 g/mol. The summed E-state index contributed by atoms with van der Waals surface area (Å²) in [5.41, 5.74) is 1.06. The second kappa shape index (κ2) is 3.36. The molecule has 1 saturated carbocycles. The molecule has 0 unspecified atom stereocenters. The molecule has 0 bridgehead atoms. The summed E-state index contributed by atoms with van der Waals surface area (Å²) in [4.78, 5) is 0. The van der Waals surface area contributed by atoms with E-state index in [-0.39, 0.29) is 18.1 Å². The lowest BCUT2D eigenvalue weighted by atomic mass is 9.68. The minimum atomic E-state index is -0.180. The van der Waals surface area contributed by atoms with Crippen molar-refractivity contribution in [2.75, 3.05) is 6.61 Å². The first-order valence-corrected chi connectivity index (χ1v) is 5.82. The highest BCUT2D eigenvalue weighted by molar-refractivity contribution is 6.54. The zero-order valence-electron chi connectivity index (χ0n) is 10.3. The van der Waals surface area contributed by atoms with Gasteiger partial charge in [0.05, 0.1) is 5.60 Å². The Morgan fingerprint density at radius 2 is 1.87 bits per heavy atom. The van der Waals surface area contributed by atoms with E-state index in [1.807, 2.05) is 0 Å². The van der Waals surface area contributed by atoms with Gasteiger partial charge >= 0.3 is 7.12 Å². The Morgan fingerprint density at radius 3 is 2.33 bits per heavy atom. The Morgan fingerprint density at radius 1 is 1.27 bits per heavy atom. The summed E-state index contributed by atoms with van der Waals surface area (Å²) < 4.78 is 11.8. The van der Waals surface area contributed by atoms with Gasteiger partial charge in [-0.3, -0.25) is 0 Å². The first-order valence-electron chi connectivity index (χ1n) is 5.82. The van der Waals surface area contributed by atoms with Crippen LogP contribution in [0, 0.1) is 11.3 Å². The van der Waals surface area contributed by atoms with Crippen molar-refractivity contribution < 1.29 is 9.31 Å². The highest BCUT2D eigenvalue weighted by Gasteiger charge is 2.49. The van der Waals surface area contributed by atoms with Crippen molar-refractivity contribution in [3.8, 4) is 0 Å². The molecule has 15 heavy (non-hydrogen) atoms. The molecule has 0 aromatic carbocycles. The first-order chi connectivity index (χ1) is 6.83. The Kier molecular flexibility index (Phi) is 2.51. The summed E-state index contributed by atoms with van der Waals surface area (Å²) in [6.07, 6.45) is 2.51. The maximum absolute atomic E-state index is 6.03. The molecule has 3 heteroatoms. The van der Waals surface area contributed by atoms with Crippen molar-refractivity contribution in [3.05, 3.63) is 12.1 Å². The number of hydrogen-bond donors (Lipinski definition) is 0. The quantitative estimate of drug-likeness (QED) is 0.649. The molecule has 1 saturated heterocycles. The van der Waals surface area contributed by atoms with E-state index < -0.39 is 0 Å². The van der Waals surface area contributed by atoms with Gasteiger partial charge in [-0.25, -0.2) is 0 Å². The third-order valence-electron chi connectivity index (χ3n) is 4.03. The third-order valence-corrected chi connectivity index (χ3v) is 4.03. The molecule has 1 aliphatic heterocycles. The van der Waals surface area contributed by atoms with Crippen LogP contribution in [-0.2, 0) is 9.31 Å². The van der Waals surface area contributed by atoms with Crippen molar-refractivity contribution in [1.82, 2.24) is 0 Å². The van der Waals surface area contributed by atoms with Gasteiger partial charge in [0.15, 0.2) is 0 Å². The van der Waals surface area contributed by atoms with Gasteiger partial charge in [0.1, 0.15) is 0 Å². The smallest absolute Gasteiger partial charge is 0.407 e. The summed E-state index contributed by atoms with van der Waals surface area (Å²) in [6, 6.07) is 0. The number of rotatable bonds is 2. The molecule has 2 fully saturated rings. The van der Waals surface area contributed by atoms with E-state index in [0.29, 0.717) is 5.92 Å². The molecule has 2 aliphatic rings. The predicted octanol–water partition coefficient (Wildman–Crippen LogP) is 2.83. The SMILES string of the molecule is C=C(B1OCC(C)(C)C(C)(C)O1)C1CC1. The second-order valence-electron chi connectivity index (χ2n) is 6.00. The summed E-state index contributed by atoms with van der Waals surface area (Å²) >= 11 is 0. The van der Waals surface area contributed by atoms with E-state index in [0.717, 1.165) is 12.1 Å². The average Bonchev–Trinajstić information content (AvgIpc) is 2.91. The van der Waals surface area contributed by atoms with Gasteiger partial charge in [-0.2, -0.15) is 0 Å². The van der Waals surface area contributed by atoms with Crippen molar-refractivity contribution in [2.24, 2.45) is 11.3 Å². The van der Waals surface area contributed by atoms with Crippen LogP contribution in [-0.4, -0.2) is 19.3 Å². The molecule has 0 aromatic rings. The Bertz CT molecular complexity index is 279. The molecule has 0 radical (unpaired) electrons. The summed E-state index contributed by atoms with van der Waals surface area (Å²) in [5.74, 6) is 0.645. The van der Waals surface area contributed by atoms with E-state index >= 15 is 0 Å². The summed E-state index contributed by atoms with van der Waals surface area (Å²) in [5, 5.41) is 0. The monoisotopic (exact) mass is 208 g/mol. The van der Waals surface area contributed by atoms with Crippen LogP contribution >= 0.6 is 0 Å². The summed E-state index contributed by atoms with van der Waals surface area (Å²) in [6.45, 7) is 13.5. The summed E-state index contributed by atoms with van der Waals surface area (Å²) in [7, 11) is -0.180. The molecule has 2 nitrogen and oxygen atoms in total. The highest BCUT2D eigenvalue weighted by Crippen LogP contribution is 2.43. The lowest BCUT2D eigenvalue weighted by Gasteiger charge is -2.47. The molecule has 0 aromatic heterocycles. The van der Waals surface area contributed by atoms with Crippen molar-refractivity contribution in [3.63, 3.8) is 0 Å². The minimum Gasteiger partial charge on any atom is -0.407 e. The first kappa shape index (κ1) is 11.2. The zero-order chi connectivity index (χ0) is 11.3. The van der Waals surface area contributed by atoms with Crippen LogP contribution in [0.1, 0.15) is 40.5 Å². The molecular weight excluding hydrogens is 187 g/mol. The molecule has 1 aliphatic carbocycles. The van der Waals surface area contributed by atoms with Crippen LogP contribution in [0.4, 0.5) is 0 Å². The van der Waals surface area contributed by atoms with E-state index in [4.69, 9.17) is 9.31 Å². The van der Waals surface area contributed by atoms with Crippen LogP contribution in [0.2, 0.25) is 0 Å². The Balaban J connectivity index is 2.05.